The van der Waals surface area contributed by atoms with Gasteiger partial charge in [0, 0.05) is 31.7 Å². The van der Waals surface area contributed by atoms with Crippen LogP contribution in [0.5, 0.6) is 0 Å². The van der Waals surface area contributed by atoms with Crippen LogP contribution in [0.4, 0.5) is 4.39 Å². The molecule has 4 nitrogen and oxygen atoms in total. The normalized spacial score (nSPS) is 19.2. The molecule has 0 spiro atoms. The third kappa shape index (κ3) is 3.65. The predicted octanol–water partition coefficient (Wildman–Crippen LogP) is 1.43. The van der Waals surface area contributed by atoms with E-state index in [0.717, 1.165) is 6.54 Å². The van der Waals surface area contributed by atoms with Gasteiger partial charge in [0.2, 0.25) is 0 Å². The number of rotatable bonds is 3. The molecule has 104 valence electrons. The van der Waals surface area contributed by atoms with Gasteiger partial charge in [0.05, 0.1) is 6.61 Å². The van der Waals surface area contributed by atoms with Crippen molar-refractivity contribution in [3.05, 3.63) is 34.6 Å². The largest absolute Gasteiger partial charge is 0.366 e. The van der Waals surface area contributed by atoms with Gasteiger partial charge in [0.25, 0.3) is 5.91 Å². The van der Waals surface area contributed by atoms with Gasteiger partial charge in [-0.15, -0.1) is 0 Å². The molecular formula is C13H16ClFN2O2. The molecule has 1 aliphatic rings. The minimum atomic E-state index is -0.460. The van der Waals surface area contributed by atoms with Crippen molar-refractivity contribution in [1.29, 1.82) is 0 Å². The molecule has 1 saturated heterocycles. The number of benzene rings is 1. The van der Waals surface area contributed by atoms with Crippen molar-refractivity contribution in [2.24, 2.45) is 0 Å². The molecule has 6 heteroatoms. The standard InChI is InChI=1S/C13H16ClFN2O2/c1-17(13(18)12-7-16-4-5-19-12)8-9-2-3-10(15)6-11(9)14/h2-3,6,12,16H,4-5,7-8H2,1H3. The first-order valence-electron chi connectivity index (χ1n) is 6.09. The van der Waals surface area contributed by atoms with Gasteiger partial charge in [-0.05, 0) is 17.7 Å². The smallest absolute Gasteiger partial charge is 0.253 e. The molecule has 0 aromatic heterocycles. The Hall–Kier alpha value is -1.17. The Bertz CT molecular complexity index is 464. The van der Waals surface area contributed by atoms with Gasteiger partial charge in [0.15, 0.2) is 0 Å². The average Bonchev–Trinajstić information content (AvgIpc) is 2.42. The number of morpholine rings is 1. The minimum absolute atomic E-state index is 0.104. The van der Waals surface area contributed by atoms with E-state index in [-0.39, 0.29) is 11.7 Å². The summed E-state index contributed by atoms with van der Waals surface area (Å²) in [6.07, 6.45) is -0.460. The topological polar surface area (TPSA) is 41.6 Å². The van der Waals surface area contributed by atoms with E-state index in [1.165, 1.54) is 17.0 Å². The summed E-state index contributed by atoms with van der Waals surface area (Å²) >= 11 is 5.94. The molecule has 1 heterocycles. The lowest BCUT2D eigenvalue weighted by molar-refractivity contribution is -0.144. The fraction of sp³-hybridized carbons (Fsp3) is 0.462. The number of carbonyl (C=O) groups is 1. The zero-order chi connectivity index (χ0) is 13.8. The molecule has 2 rings (SSSR count). The lowest BCUT2D eigenvalue weighted by atomic mass is 10.2. The summed E-state index contributed by atoms with van der Waals surface area (Å²) in [6, 6.07) is 4.16. The third-order valence-electron chi connectivity index (χ3n) is 3.00. The number of nitrogens with one attached hydrogen (secondary N) is 1. The molecule has 1 aromatic carbocycles. The van der Waals surface area contributed by atoms with Crippen molar-refractivity contribution >= 4 is 17.5 Å². The van der Waals surface area contributed by atoms with Crippen LogP contribution in [0.2, 0.25) is 5.02 Å². The molecule has 0 bridgehead atoms. The number of likely N-dealkylation sites (N-methyl/N-ethyl adjacent to an activating group) is 1. The van der Waals surface area contributed by atoms with Crippen LogP contribution in [0.15, 0.2) is 18.2 Å². The maximum Gasteiger partial charge on any atom is 0.253 e. The molecule has 1 unspecified atom stereocenters. The van der Waals surface area contributed by atoms with Crippen molar-refractivity contribution in [2.45, 2.75) is 12.6 Å². The van der Waals surface area contributed by atoms with Crippen molar-refractivity contribution in [3.63, 3.8) is 0 Å². The first kappa shape index (κ1) is 14.2. The van der Waals surface area contributed by atoms with E-state index in [1.54, 1.807) is 13.1 Å². The lowest BCUT2D eigenvalue weighted by Crippen LogP contribution is -2.48. The lowest BCUT2D eigenvalue weighted by Gasteiger charge is -2.27. The van der Waals surface area contributed by atoms with Crippen LogP contribution in [0, 0.1) is 5.82 Å². The van der Waals surface area contributed by atoms with E-state index < -0.39 is 6.10 Å². The Morgan fingerprint density at radius 2 is 2.42 bits per heavy atom. The Labute approximate surface area is 116 Å². The second-order valence-corrected chi connectivity index (χ2v) is 4.90. The van der Waals surface area contributed by atoms with E-state index in [1.807, 2.05) is 0 Å². The van der Waals surface area contributed by atoms with Gasteiger partial charge < -0.3 is 15.0 Å². The van der Waals surface area contributed by atoms with Crippen LogP contribution in [-0.2, 0) is 16.1 Å². The SMILES string of the molecule is CN(Cc1ccc(F)cc1Cl)C(=O)C1CNCCO1. The number of carbonyl (C=O) groups excluding carboxylic acids is 1. The fourth-order valence-corrected chi connectivity index (χ4v) is 2.18. The summed E-state index contributed by atoms with van der Waals surface area (Å²) in [7, 11) is 1.68. The summed E-state index contributed by atoms with van der Waals surface area (Å²) in [4.78, 5) is 13.7. The number of hydrogen-bond donors (Lipinski definition) is 1. The van der Waals surface area contributed by atoms with Gasteiger partial charge in [-0.3, -0.25) is 4.79 Å². The molecule has 1 aliphatic heterocycles. The average molecular weight is 287 g/mol. The Balaban J connectivity index is 1.99. The van der Waals surface area contributed by atoms with Crippen LogP contribution in [-0.4, -0.2) is 43.7 Å². The van der Waals surface area contributed by atoms with Crippen molar-refractivity contribution in [1.82, 2.24) is 10.2 Å². The molecule has 1 N–H and O–H groups in total. The first-order valence-corrected chi connectivity index (χ1v) is 6.47. The highest BCUT2D eigenvalue weighted by atomic mass is 35.5. The molecular weight excluding hydrogens is 271 g/mol. The summed E-state index contributed by atoms with van der Waals surface area (Å²) in [5.41, 5.74) is 0.711. The molecule has 1 aromatic rings. The van der Waals surface area contributed by atoms with Gasteiger partial charge in [-0.2, -0.15) is 0 Å². The second kappa shape index (κ2) is 6.32. The predicted molar refractivity (Wildman–Crippen MR) is 70.5 cm³/mol. The maximum absolute atomic E-state index is 12.9. The zero-order valence-electron chi connectivity index (χ0n) is 10.7. The molecule has 1 atom stereocenters. The molecule has 0 radical (unpaired) electrons. The van der Waals surface area contributed by atoms with Crippen molar-refractivity contribution < 1.29 is 13.9 Å². The van der Waals surface area contributed by atoms with E-state index in [9.17, 15) is 9.18 Å². The fourth-order valence-electron chi connectivity index (χ4n) is 1.95. The highest BCUT2D eigenvalue weighted by Crippen LogP contribution is 2.19. The van der Waals surface area contributed by atoms with Crippen LogP contribution < -0.4 is 5.32 Å². The van der Waals surface area contributed by atoms with E-state index in [0.29, 0.717) is 30.3 Å². The molecule has 19 heavy (non-hydrogen) atoms. The van der Waals surface area contributed by atoms with Gasteiger partial charge >= 0.3 is 0 Å². The highest BCUT2D eigenvalue weighted by molar-refractivity contribution is 6.31. The monoisotopic (exact) mass is 286 g/mol. The molecule has 0 aliphatic carbocycles. The first-order chi connectivity index (χ1) is 9.08. The van der Waals surface area contributed by atoms with Gasteiger partial charge in [-0.1, -0.05) is 17.7 Å². The van der Waals surface area contributed by atoms with Gasteiger partial charge in [-0.25, -0.2) is 4.39 Å². The number of hydrogen-bond acceptors (Lipinski definition) is 3. The maximum atomic E-state index is 12.9. The quantitative estimate of drug-likeness (QED) is 0.914. The molecule has 1 amide bonds. The number of ether oxygens (including phenoxy) is 1. The summed E-state index contributed by atoms with van der Waals surface area (Å²) in [5, 5.41) is 3.43. The van der Waals surface area contributed by atoms with Gasteiger partial charge in [0.1, 0.15) is 11.9 Å². The third-order valence-corrected chi connectivity index (χ3v) is 3.35. The van der Waals surface area contributed by atoms with Crippen LogP contribution in [0.1, 0.15) is 5.56 Å². The number of amides is 1. The molecule has 1 fully saturated rings. The highest BCUT2D eigenvalue weighted by Gasteiger charge is 2.25. The van der Waals surface area contributed by atoms with Crippen LogP contribution in [0.25, 0.3) is 0 Å². The van der Waals surface area contributed by atoms with E-state index in [2.05, 4.69) is 5.32 Å². The minimum Gasteiger partial charge on any atom is -0.366 e. The Kier molecular flexibility index (Phi) is 4.74. The van der Waals surface area contributed by atoms with Crippen LogP contribution in [0.3, 0.4) is 0 Å². The van der Waals surface area contributed by atoms with Crippen molar-refractivity contribution in [2.75, 3.05) is 26.7 Å². The zero-order valence-corrected chi connectivity index (χ0v) is 11.4. The summed E-state index contributed by atoms with van der Waals surface area (Å²) in [6.45, 7) is 2.14. The number of halogens is 2. The summed E-state index contributed by atoms with van der Waals surface area (Å²) < 4.78 is 18.3. The van der Waals surface area contributed by atoms with Crippen molar-refractivity contribution in [3.8, 4) is 0 Å². The Morgan fingerprint density at radius 1 is 1.63 bits per heavy atom. The van der Waals surface area contributed by atoms with Crippen LogP contribution >= 0.6 is 11.6 Å². The second-order valence-electron chi connectivity index (χ2n) is 4.49. The Morgan fingerprint density at radius 3 is 3.05 bits per heavy atom. The van der Waals surface area contributed by atoms with E-state index >= 15 is 0 Å². The number of nitrogens with zero attached hydrogens (tertiary/aromatic N) is 1. The van der Waals surface area contributed by atoms with E-state index in [4.69, 9.17) is 16.3 Å². The summed E-state index contributed by atoms with van der Waals surface area (Å²) in [5.74, 6) is -0.491. The molecule has 0 saturated carbocycles.